The summed E-state index contributed by atoms with van der Waals surface area (Å²) in [4.78, 5) is 22.4. The molecular formula is C38H47N7O4. The molecule has 1 aliphatic heterocycles. The number of anilines is 1. The zero-order valence-electron chi connectivity index (χ0n) is 28.2. The Morgan fingerprint density at radius 1 is 1.00 bits per heavy atom. The van der Waals surface area contributed by atoms with Crippen molar-refractivity contribution in [3.63, 3.8) is 0 Å². The Bertz CT molecular complexity index is 1750. The summed E-state index contributed by atoms with van der Waals surface area (Å²) in [5, 5.41) is 26.4. The number of nitrogens with zero attached hydrogens (tertiary/aromatic N) is 5. The fourth-order valence-electron chi connectivity index (χ4n) is 7.69. The van der Waals surface area contributed by atoms with Gasteiger partial charge >= 0.3 is 0 Å². The van der Waals surface area contributed by atoms with Crippen LogP contribution in [0.5, 0.6) is 0 Å². The van der Waals surface area contributed by atoms with E-state index in [-0.39, 0.29) is 30.5 Å². The van der Waals surface area contributed by atoms with Gasteiger partial charge in [-0.25, -0.2) is 4.98 Å². The number of benzene rings is 2. The number of hydrogen-bond donors (Lipinski definition) is 4. The minimum absolute atomic E-state index is 0.0703. The van der Waals surface area contributed by atoms with E-state index in [1.54, 1.807) is 23.1 Å². The van der Waals surface area contributed by atoms with Gasteiger partial charge in [0.1, 0.15) is 5.82 Å². The number of nitrogens with one attached hydrogen (secondary N) is 1. The van der Waals surface area contributed by atoms with Crippen LogP contribution in [0.3, 0.4) is 0 Å². The van der Waals surface area contributed by atoms with Crippen molar-refractivity contribution in [1.29, 1.82) is 0 Å². The molecule has 11 heteroatoms. The number of aliphatic hydroxyl groups is 2. The first-order chi connectivity index (χ1) is 23.8. The maximum Gasteiger partial charge on any atom is 0.255 e. The summed E-state index contributed by atoms with van der Waals surface area (Å²) < 4.78 is 8.08. The fraction of sp³-hybridized carbons (Fsp3) is 0.447. The number of carbonyl (C=O) groups excluding carboxylic acids is 1. The van der Waals surface area contributed by atoms with Crippen LogP contribution in [0.2, 0.25) is 0 Å². The number of fused-ring (bicyclic) bond motifs is 1. The number of hydrogen-bond acceptors (Lipinski definition) is 9. The van der Waals surface area contributed by atoms with Crippen LogP contribution in [0.25, 0.3) is 22.3 Å². The Balaban J connectivity index is 0.926. The smallest absolute Gasteiger partial charge is 0.255 e. The first-order valence-electron chi connectivity index (χ1n) is 17.5. The number of β-amino-alcohol motifs (C(OH)–C–C–N with tert-alkyl or cyclic N) is 1. The maximum atomic E-state index is 13.3. The molecule has 1 saturated heterocycles. The zero-order chi connectivity index (χ0) is 33.9. The molecule has 0 bridgehead atoms. The van der Waals surface area contributed by atoms with Crippen LogP contribution < -0.4 is 11.1 Å². The van der Waals surface area contributed by atoms with E-state index in [9.17, 15) is 15.0 Å². The summed E-state index contributed by atoms with van der Waals surface area (Å²) >= 11 is 0. The molecule has 2 aliphatic carbocycles. The molecule has 11 nitrogen and oxygen atoms in total. The van der Waals surface area contributed by atoms with E-state index in [2.05, 4.69) is 67.7 Å². The van der Waals surface area contributed by atoms with E-state index in [0.717, 1.165) is 75.0 Å². The molecule has 2 aromatic heterocycles. The predicted octanol–water partition coefficient (Wildman–Crippen LogP) is 3.56. The lowest BCUT2D eigenvalue weighted by Crippen LogP contribution is -2.49. The number of ether oxygens (including phenoxy) is 1. The average molecular weight is 666 g/mol. The minimum Gasteiger partial charge on any atom is -0.394 e. The topological polar surface area (TPSA) is 142 Å². The van der Waals surface area contributed by atoms with Crippen LogP contribution in [0.1, 0.15) is 58.8 Å². The number of carbonyl (C=O) groups is 1. The molecule has 5 N–H and O–H groups in total. The van der Waals surface area contributed by atoms with Crippen molar-refractivity contribution in [3.8, 4) is 22.3 Å². The normalized spacial score (nSPS) is 21.9. The quantitative estimate of drug-likeness (QED) is 0.189. The molecule has 2 aromatic carbocycles. The molecule has 49 heavy (non-hydrogen) atoms. The van der Waals surface area contributed by atoms with E-state index in [4.69, 9.17) is 10.5 Å². The lowest BCUT2D eigenvalue weighted by molar-refractivity contribution is 0.0272. The highest BCUT2D eigenvalue weighted by Gasteiger charge is 2.32. The third-order valence-electron chi connectivity index (χ3n) is 10.4. The number of pyridine rings is 1. The second-order valence-corrected chi connectivity index (χ2v) is 13.8. The molecule has 1 unspecified atom stereocenters. The Labute approximate surface area is 287 Å². The van der Waals surface area contributed by atoms with Crippen molar-refractivity contribution in [1.82, 2.24) is 29.9 Å². The van der Waals surface area contributed by atoms with Gasteiger partial charge in [0, 0.05) is 69.3 Å². The average Bonchev–Trinajstić information content (AvgIpc) is 3.88. The number of amides is 1. The predicted molar refractivity (Wildman–Crippen MR) is 189 cm³/mol. The SMILES string of the molecule is Cn1cc(-c2cnc(N)c(C(=O)N[C@H]3CCC[C@@H]3OCc3ccc(-c4ccc5c(c4)CC[C@@H]5N4CCN(CC(O)CO)CC4)cc3)c2)cn1. The van der Waals surface area contributed by atoms with Crippen LogP contribution >= 0.6 is 0 Å². The van der Waals surface area contributed by atoms with Gasteiger partial charge in [-0.3, -0.25) is 19.3 Å². The first kappa shape index (κ1) is 33.4. The molecule has 3 aliphatic rings. The molecule has 0 radical (unpaired) electrons. The van der Waals surface area contributed by atoms with Crippen LogP contribution in [-0.4, -0.2) is 98.3 Å². The van der Waals surface area contributed by atoms with E-state index >= 15 is 0 Å². The molecule has 1 saturated carbocycles. The van der Waals surface area contributed by atoms with E-state index in [1.807, 2.05) is 13.2 Å². The highest BCUT2D eigenvalue weighted by atomic mass is 16.5. The lowest BCUT2D eigenvalue weighted by Gasteiger charge is -2.38. The van der Waals surface area contributed by atoms with Crippen molar-refractivity contribution in [2.45, 2.75) is 63.0 Å². The molecule has 3 heterocycles. The standard InChI is InChI=1S/C38H47N7O4/c1-43-21-30(20-41-43)29-18-33(37(39)40-19-29)38(48)42-34-3-2-4-36(34)49-24-25-5-7-26(8-6-25)27-9-11-32-28(17-27)10-12-35(32)45-15-13-44(14-16-45)22-31(47)23-46/h5-9,11,17-21,31,34-36,46-47H,2-4,10,12-16,22-24H2,1H3,(H2,39,40)(H,42,48)/t31?,34-,35-,36-/m0/s1. The Morgan fingerprint density at radius 3 is 2.55 bits per heavy atom. The molecule has 4 atom stereocenters. The molecular weight excluding hydrogens is 618 g/mol. The van der Waals surface area contributed by atoms with Gasteiger partial charge in [-0.1, -0.05) is 42.5 Å². The van der Waals surface area contributed by atoms with E-state index in [1.165, 1.54) is 22.3 Å². The number of nitrogen functional groups attached to an aromatic ring is 1. The summed E-state index contributed by atoms with van der Waals surface area (Å²) in [7, 11) is 1.85. The summed E-state index contributed by atoms with van der Waals surface area (Å²) in [6.07, 6.45) is 9.51. The molecule has 0 spiro atoms. The fourth-order valence-corrected chi connectivity index (χ4v) is 7.69. The number of rotatable bonds is 11. The van der Waals surface area contributed by atoms with Crippen molar-refractivity contribution >= 4 is 11.7 Å². The van der Waals surface area contributed by atoms with Gasteiger partial charge in [0.25, 0.3) is 5.91 Å². The third kappa shape index (κ3) is 7.56. The van der Waals surface area contributed by atoms with Gasteiger partial charge in [-0.05, 0) is 66.0 Å². The molecule has 1 amide bonds. The molecule has 258 valence electrons. The summed E-state index contributed by atoms with van der Waals surface area (Å²) in [5.41, 5.74) is 14.5. The molecule has 4 aromatic rings. The minimum atomic E-state index is -0.662. The van der Waals surface area contributed by atoms with Gasteiger partial charge in [0.2, 0.25) is 0 Å². The summed E-state index contributed by atoms with van der Waals surface area (Å²) in [6.45, 7) is 4.63. The van der Waals surface area contributed by atoms with Gasteiger partial charge < -0.3 is 26.0 Å². The van der Waals surface area contributed by atoms with Crippen molar-refractivity contribution in [2.75, 3.05) is 45.1 Å². The number of piperazine rings is 1. The van der Waals surface area contributed by atoms with Crippen LogP contribution in [0.15, 0.2) is 67.1 Å². The largest absolute Gasteiger partial charge is 0.394 e. The van der Waals surface area contributed by atoms with Crippen LogP contribution in [0, 0.1) is 0 Å². The Morgan fingerprint density at radius 2 is 1.80 bits per heavy atom. The van der Waals surface area contributed by atoms with Gasteiger partial charge in [-0.2, -0.15) is 5.10 Å². The van der Waals surface area contributed by atoms with Crippen molar-refractivity contribution in [2.24, 2.45) is 7.05 Å². The van der Waals surface area contributed by atoms with E-state index in [0.29, 0.717) is 24.8 Å². The van der Waals surface area contributed by atoms with Crippen molar-refractivity contribution in [3.05, 3.63) is 89.4 Å². The number of aromatic nitrogens is 3. The lowest BCUT2D eigenvalue weighted by atomic mass is 9.98. The van der Waals surface area contributed by atoms with Crippen LogP contribution in [0.4, 0.5) is 5.82 Å². The zero-order valence-corrected chi connectivity index (χ0v) is 28.2. The second kappa shape index (κ2) is 14.8. The first-order valence-corrected chi connectivity index (χ1v) is 17.5. The monoisotopic (exact) mass is 665 g/mol. The summed E-state index contributed by atoms with van der Waals surface area (Å²) in [6, 6.07) is 17.7. The molecule has 7 rings (SSSR count). The van der Waals surface area contributed by atoms with Crippen molar-refractivity contribution < 1.29 is 19.7 Å². The second-order valence-electron chi connectivity index (χ2n) is 13.8. The third-order valence-corrected chi connectivity index (χ3v) is 10.4. The van der Waals surface area contributed by atoms with Gasteiger partial charge in [-0.15, -0.1) is 0 Å². The Hall–Kier alpha value is -4.13. The molecule has 2 fully saturated rings. The number of aliphatic hydroxyl groups excluding tert-OH is 2. The number of aryl methyl sites for hydroxylation is 2. The Kier molecular flexibility index (Phi) is 10.1. The van der Waals surface area contributed by atoms with E-state index < -0.39 is 6.10 Å². The number of nitrogens with two attached hydrogens (primary N) is 1. The highest BCUT2D eigenvalue weighted by Crippen LogP contribution is 2.38. The van der Waals surface area contributed by atoms with Crippen LogP contribution in [-0.2, 0) is 24.8 Å². The van der Waals surface area contributed by atoms with Gasteiger partial charge in [0.05, 0.1) is 43.2 Å². The highest BCUT2D eigenvalue weighted by molar-refractivity contribution is 5.99. The van der Waals surface area contributed by atoms with Gasteiger partial charge in [0.15, 0.2) is 0 Å². The maximum absolute atomic E-state index is 13.3. The summed E-state index contributed by atoms with van der Waals surface area (Å²) in [5.74, 6) is -0.0331.